The summed E-state index contributed by atoms with van der Waals surface area (Å²) in [4.78, 5) is 4.68. The van der Waals surface area contributed by atoms with E-state index in [9.17, 15) is 0 Å². The summed E-state index contributed by atoms with van der Waals surface area (Å²) in [5.41, 5.74) is 1.40. The van der Waals surface area contributed by atoms with Crippen LogP contribution in [0, 0.1) is 5.92 Å². The molecule has 0 aliphatic heterocycles. The Morgan fingerprint density at radius 3 is 2.56 bits per heavy atom. The SMILES string of the molecule is CC(c1ccncc1)C(Br)CC1CCCC1. The van der Waals surface area contributed by atoms with Gasteiger partial charge < -0.3 is 0 Å². The smallest absolute Gasteiger partial charge is 0.0270 e. The molecule has 0 saturated heterocycles. The van der Waals surface area contributed by atoms with Gasteiger partial charge in [0.2, 0.25) is 0 Å². The molecule has 1 heterocycles. The number of hydrogen-bond acceptors (Lipinski definition) is 1. The first kappa shape index (κ1) is 12.1. The highest BCUT2D eigenvalue weighted by Gasteiger charge is 2.22. The molecule has 0 aromatic carbocycles. The normalized spacial score (nSPS) is 20.9. The standard InChI is InChI=1S/C14H20BrN/c1-11(13-6-8-16-9-7-13)14(15)10-12-4-2-3-5-12/h6-9,11-12,14H,2-5,10H2,1H3. The van der Waals surface area contributed by atoms with Gasteiger partial charge in [-0.1, -0.05) is 48.5 Å². The van der Waals surface area contributed by atoms with Crippen molar-refractivity contribution in [2.75, 3.05) is 0 Å². The van der Waals surface area contributed by atoms with E-state index in [0.29, 0.717) is 10.7 Å². The molecule has 1 aromatic heterocycles. The Kier molecular flexibility index (Phi) is 4.39. The lowest BCUT2D eigenvalue weighted by Crippen LogP contribution is -2.13. The minimum Gasteiger partial charge on any atom is -0.265 e. The summed E-state index contributed by atoms with van der Waals surface area (Å²) in [7, 11) is 0. The van der Waals surface area contributed by atoms with Gasteiger partial charge in [0, 0.05) is 17.2 Å². The number of alkyl halides is 1. The van der Waals surface area contributed by atoms with E-state index in [1.165, 1.54) is 37.7 Å². The summed E-state index contributed by atoms with van der Waals surface area (Å²) in [6.45, 7) is 2.31. The van der Waals surface area contributed by atoms with Gasteiger partial charge in [0.05, 0.1) is 0 Å². The molecule has 2 atom stereocenters. The lowest BCUT2D eigenvalue weighted by molar-refractivity contribution is 0.473. The largest absolute Gasteiger partial charge is 0.265 e. The Balaban J connectivity index is 1.91. The molecular formula is C14H20BrN. The van der Waals surface area contributed by atoms with Gasteiger partial charge >= 0.3 is 0 Å². The number of nitrogens with zero attached hydrogens (tertiary/aromatic N) is 1. The molecule has 1 nitrogen and oxygen atoms in total. The van der Waals surface area contributed by atoms with Gasteiger partial charge in [0.1, 0.15) is 0 Å². The average molecular weight is 282 g/mol. The molecule has 0 N–H and O–H groups in total. The second-order valence-corrected chi connectivity index (χ2v) is 6.15. The van der Waals surface area contributed by atoms with E-state index in [4.69, 9.17) is 0 Å². The summed E-state index contributed by atoms with van der Waals surface area (Å²) >= 11 is 3.87. The molecule has 1 aliphatic rings. The first-order valence-corrected chi connectivity index (χ1v) is 7.23. The van der Waals surface area contributed by atoms with Crippen LogP contribution in [0.5, 0.6) is 0 Å². The van der Waals surface area contributed by atoms with E-state index in [-0.39, 0.29) is 0 Å². The Morgan fingerprint density at radius 2 is 1.94 bits per heavy atom. The topological polar surface area (TPSA) is 12.9 Å². The van der Waals surface area contributed by atoms with Crippen molar-refractivity contribution in [1.82, 2.24) is 4.98 Å². The minimum absolute atomic E-state index is 0.587. The zero-order chi connectivity index (χ0) is 11.4. The highest BCUT2D eigenvalue weighted by atomic mass is 79.9. The summed E-state index contributed by atoms with van der Waals surface area (Å²) in [6, 6.07) is 4.27. The Bertz CT molecular complexity index is 306. The molecule has 0 spiro atoms. The minimum atomic E-state index is 0.587. The number of aromatic nitrogens is 1. The van der Waals surface area contributed by atoms with Gasteiger partial charge in [0.15, 0.2) is 0 Å². The number of pyridine rings is 1. The molecule has 1 aliphatic carbocycles. The fourth-order valence-electron chi connectivity index (χ4n) is 2.64. The third-order valence-corrected chi connectivity index (χ3v) is 4.97. The fraction of sp³-hybridized carbons (Fsp3) is 0.643. The Morgan fingerprint density at radius 1 is 1.31 bits per heavy atom. The van der Waals surface area contributed by atoms with Gasteiger partial charge in [-0.3, -0.25) is 4.98 Å². The van der Waals surface area contributed by atoms with Crippen LogP contribution < -0.4 is 0 Å². The molecule has 88 valence electrons. The van der Waals surface area contributed by atoms with Crippen molar-refractivity contribution in [3.05, 3.63) is 30.1 Å². The van der Waals surface area contributed by atoms with Crippen LogP contribution in [0.1, 0.15) is 50.5 Å². The van der Waals surface area contributed by atoms with E-state index >= 15 is 0 Å². The number of halogens is 1. The quantitative estimate of drug-likeness (QED) is 0.739. The molecule has 2 unspecified atom stereocenters. The molecule has 2 heteroatoms. The molecule has 0 bridgehead atoms. The summed E-state index contributed by atoms with van der Waals surface area (Å²) in [6.07, 6.45) is 10.9. The van der Waals surface area contributed by atoms with Gasteiger partial charge in [-0.05, 0) is 36.0 Å². The van der Waals surface area contributed by atoms with Crippen LogP contribution in [0.25, 0.3) is 0 Å². The van der Waals surface area contributed by atoms with Crippen molar-refractivity contribution >= 4 is 15.9 Å². The maximum absolute atomic E-state index is 4.08. The lowest BCUT2D eigenvalue weighted by Gasteiger charge is -2.21. The maximum atomic E-state index is 4.08. The van der Waals surface area contributed by atoms with E-state index in [1.54, 1.807) is 0 Å². The molecule has 2 rings (SSSR count). The lowest BCUT2D eigenvalue weighted by atomic mass is 9.91. The van der Waals surface area contributed by atoms with Crippen LogP contribution in [0.2, 0.25) is 0 Å². The maximum Gasteiger partial charge on any atom is 0.0270 e. The predicted octanol–water partition coefficient (Wildman–Crippen LogP) is 4.53. The van der Waals surface area contributed by atoms with Crippen molar-refractivity contribution in [3.8, 4) is 0 Å². The predicted molar refractivity (Wildman–Crippen MR) is 71.9 cm³/mol. The van der Waals surface area contributed by atoms with Gasteiger partial charge in [-0.25, -0.2) is 0 Å². The van der Waals surface area contributed by atoms with Crippen LogP contribution in [-0.2, 0) is 0 Å². The van der Waals surface area contributed by atoms with Crippen LogP contribution in [0.3, 0.4) is 0 Å². The summed E-state index contributed by atoms with van der Waals surface area (Å²) < 4.78 is 0. The van der Waals surface area contributed by atoms with Gasteiger partial charge in [0.25, 0.3) is 0 Å². The van der Waals surface area contributed by atoms with E-state index in [0.717, 1.165) is 5.92 Å². The second kappa shape index (κ2) is 5.81. The van der Waals surface area contributed by atoms with Crippen molar-refractivity contribution in [2.45, 2.75) is 49.8 Å². The molecule has 1 aromatic rings. The fourth-order valence-corrected chi connectivity index (χ4v) is 3.48. The van der Waals surface area contributed by atoms with Crippen LogP contribution in [0.4, 0.5) is 0 Å². The van der Waals surface area contributed by atoms with Gasteiger partial charge in [-0.15, -0.1) is 0 Å². The molecular weight excluding hydrogens is 262 g/mol. The molecule has 0 radical (unpaired) electrons. The second-order valence-electron chi connectivity index (χ2n) is 4.97. The van der Waals surface area contributed by atoms with Crippen molar-refractivity contribution in [3.63, 3.8) is 0 Å². The third kappa shape index (κ3) is 3.07. The zero-order valence-electron chi connectivity index (χ0n) is 9.90. The average Bonchev–Trinajstić information content (AvgIpc) is 2.82. The molecule has 1 fully saturated rings. The van der Waals surface area contributed by atoms with Crippen molar-refractivity contribution in [1.29, 1.82) is 0 Å². The van der Waals surface area contributed by atoms with E-state index in [1.807, 2.05) is 12.4 Å². The monoisotopic (exact) mass is 281 g/mol. The van der Waals surface area contributed by atoms with Crippen LogP contribution in [0.15, 0.2) is 24.5 Å². The van der Waals surface area contributed by atoms with Gasteiger partial charge in [-0.2, -0.15) is 0 Å². The number of hydrogen-bond donors (Lipinski definition) is 0. The zero-order valence-corrected chi connectivity index (χ0v) is 11.5. The first-order valence-electron chi connectivity index (χ1n) is 6.31. The summed E-state index contributed by atoms with van der Waals surface area (Å²) in [5, 5.41) is 0. The van der Waals surface area contributed by atoms with E-state index < -0.39 is 0 Å². The number of rotatable bonds is 4. The van der Waals surface area contributed by atoms with Crippen LogP contribution >= 0.6 is 15.9 Å². The highest BCUT2D eigenvalue weighted by molar-refractivity contribution is 9.09. The highest BCUT2D eigenvalue weighted by Crippen LogP contribution is 2.35. The molecule has 0 amide bonds. The van der Waals surface area contributed by atoms with Crippen molar-refractivity contribution in [2.24, 2.45) is 5.92 Å². The summed E-state index contributed by atoms with van der Waals surface area (Å²) in [5.74, 6) is 1.54. The third-order valence-electron chi connectivity index (χ3n) is 3.81. The first-order chi connectivity index (χ1) is 7.77. The molecule has 1 saturated carbocycles. The van der Waals surface area contributed by atoms with Crippen LogP contribution in [-0.4, -0.2) is 9.81 Å². The molecule has 16 heavy (non-hydrogen) atoms. The van der Waals surface area contributed by atoms with Crippen molar-refractivity contribution < 1.29 is 0 Å². The van der Waals surface area contributed by atoms with E-state index in [2.05, 4.69) is 40.0 Å². The Hall–Kier alpha value is -0.370. The Labute approximate surface area is 107 Å².